The van der Waals surface area contributed by atoms with Gasteiger partial charge in [0.2, 0.25) is 11.8 Å². The van der Waals surface area contributed by atoms with Gasteiger partial charge in [0.25, 0.3) is 11.8 Å². The number of rotatable bonds is 5. The molecule has 0 radical (unpaired) electrons. The largest absolute Gasteiger partial charge is 0.503 e. The number of phenols is 1. The number of ether oxygens (including phenoxy) is 1. The number of methoxy groups -OCH3 is 1. The van der Waals surface area contributed by atoms with E-state index in [2.05, 4.69) is 31.9 Å². The van der Waals surface area contributed by atoms with E-state index in [-0.39, 0.29) is 35.4 Å². The molecule has 14 heteroatoms. The van der Waals surface area contributed by atoms with Gasteiger partial charge in [-0.2, -0.15) is 0 Å². The van der Waals surface area contributed by atoms with Gasteiger partial charge in [0.1, 0.15) is 0 Å². The monoisotopic (exact) mass is 706 g/mol. The van der Waals surface area contributed by atoms with E-state index in [4.69, 9.17) is 33.0 Å². The number of aromatic hydroxyl groups is 1. The fourth-order valence-corrected chi connectivity index (χ4v) is 8.53. The molecule has 0 spiro atoms. The third kappa shape index (κ3) is 3.67. The zero-order valence-electron chi connectivity index (χ0n) is 20.5. The number of phenolic OH excluding ortho intramolecular Hbond substituents is 1. The van der Waals surface area contributed by atoms with E-state index in [0.29, 0.717) is 15.6 Å². The van der Waals surface area contributed by atoms with Crippen molar-refractivity contribution in [2.75, 3.05) is 20.7 Å². The number of allylic oxidation sites excluding steroid dienone is 2. The maximum atomic E-state index is 13.7. The zero-order valence-corrected chi connectivity index (χ0v) is 25.2. The molecule has 10 nitrogen and oxygen atoms in total. The third-order valence-electron chi connectivity index (χ3n) is 8.36. The average Bonchev–Trinajstić information content (AvgIpc) is 3.21. The highest BCUT2D eigenvalue weighted by molar-refractivity contribution is 9.13. The molecule has 2 N–H and O–H groups in total. The summed E-state index contributed by atoms with van der Waals surface area (Å²) in [5.74, 6) is -7.26. The Kier molecular flexibility index (Phi) is 6.88. The summed E-state index contributed by atoms with van der Waals surface area (Å²) in [6.07, 6.45) is 1.32. The third-order valence-corrected chi connectivity index (χ3v) is 11.9. The fraction of sp³-hybridized carbons (Fsp3) is 0.480. The van der Waals surface area contributed by atoms with Crippen molar-refractivity contribution in [3.63, 3.8) is 0 Å². The molecule has 2 aliphatic heterocycles. The fourth-order valence-electron chi connectivity index (χ4n) is 6.56. The second-order valence-electron chi connectivity index (χ2n) is 10.1. The van der Waals surface area contributed by atoms with Crippen molar-refractivity contribution in [2.45, 2.75) is 34.9 Å². The van der Waals surface area contributed by atoms with Gasteiger partial charge >= 0.3 is 5.97 Å². The minimum Gasteiger partial charge on any atom is -0.503 e. The van der Waals surface area contributed by atoms with E-state index in [1.807, 2.05) is 0 Å². The molecule has 1 aromatic rings. The van der Waals surface area contributed by atoms with Gasteiger partial charge in [-0.1, -0.05) is 11.6 Å². The van der Waals surface area contributed by atoms with E-state index in [9.17, 15) is 29.1 Å². The summed E-state index contributed by atoms with van der Waals surface area (Å²) in [7, 11) is 2.64. The summed E-state index contributed by atoms with van der Waals surface area (Å²) in [6, 6.07) is 1.49. The van der Waals surface area contributed by atoms with E-state index in [1.165, 1.54) is 20.2 Å². The topological polar surface area (TPSA) is 142 Å². The first kappa shape index (κ1) is 28.4. The molecule has 1 saturated carbocycles. The Hall–Kier alpha value is -2.15. The Morgan fingerprint density at radius 3 is 2.41 bits per heavy atom. The number of hydrogen-bond donors (Lipinski definition) is 2. The predicted octanol–water partition coefficient (Wildman–Crippen LogP) is 3.39. The highest BCUT2D eigenvalue weighted by Crippen LogP contribution is 2.66. The van der Waals surface area contributed by atoms with Gasteiger partial charge in [0, 0.05) is 24.0 Å². The maximum Gasteiger partial charge on any atom is 0.305 e. The average molecular weight is 709 g/mol. The lowest BCUT2D eigenvalue weighted by molar-refractivity contribution is -0.143. The van der Waals surface area contributed by atoms with Crippen molar-refractivity contribution >= 4 is 84.7 Å². The number of fused-ring (bicyclic) bond motifs is 4. The molecule has 208 valence electrons. The predicted molar refractivity (Wildman–Crippen MR) is 145 cm³/mol. The number of likely N-dealkylation sites (tertiary alicyclic amines) is 2. The van der Waals surface area contributed by atoms with Gasteiger partial charge in [-0.25, -0.2) is 0 Å². The normalized spacial score (nSPS) is 33.6. The van der Waals surface area contributed by atoms with Crippen LogP contribution in [0.5, 0.6) is 11.5 Å². The van der Waals surface area contributed by atoms with Crippen LogP contribution in [0.4, 0.5) is 0 Å². The van der Waals surface area contributed by atoms with E-state index < -0.39 is 69.4 Å². The molecule has 5 rings (SSSR count). The van der Waals surface area contributed by atoms with Crippen LogP contribution in [0, 0.1) is 17.8 Å². The first-order valence-corrected chi connectivity index (χ1v) is 14.3. The van der Waals surface area contributed by atoms with Crippen molar-refractivity contribution in [3.05, 3.63) is 32.2 Å². The van der Waals surface area contributed by atoms with Crippen molar-refractivity contribution in [2.24, 2.45) is 17.8 Å². The Morgan fingerprint density at radius 1 is 1.13 bits per heavy atom. The molecule has 2 heterocycles. The van der Waals surface area contributed by atoms with Gasteiger partial charge in [-0.3, -0.25) is 33.8 Å². The lowest BCUT2D eigenvalue weighted by Crippen LogP contribution is -2.60. The lowest BCUT2D eigenvalue weighted by Gasteiger charge is -2.51. The molecular weight excluding hydrogens is 687 g/mol. The highest BCUT2D eigenvalue weighted by atomic mass is 79.9. The minimum absolute atomic E-state index is 0.0639. The number of carboxylic acids is 1. The van der Waals surface area contributed by atoms with E-state index in [1.54, 1.807) is 6.08 Å². The molecule has 0 bridgehead atoms. The Bertz CT molecular complexity index is 1400. The number of carbonyl (C=O) groups excluding carboxylic acids is 4. The van der Waals surface area contributed by atoms with Crippen LogP contribution in [0.15, 0.2) is 26.7 Å². The maximum absolute atomic E-state index is 13.7. The molecule has 6 atom stereocenters. The van der Waals surface area contributed by atoms with Crippen molar-refractivity contribution in [3.8, 4) is 11.5 Å². The van der Waals surface area contributed by atoms with Crippen LogP contribution in [0.3, 0.4) is 0 Å². The summed E-state index contributed by atoms with van der Waals surface area (Å²) in [5, 5.41) is 19.6. The number of aliphatic carboxylic acids is 1. The smallest absolute Gasteiger partial charge is 0.305 e. The molecule has 39 heavy (non-hydrogen) atoms. The van der Waals surface area contributed by atoms with Gasteiger partial charge in [-0.05, 0) is 62.2 Å². The van der Waals surface area contributed by atoms with E-state index >= 15 is 0 Å². The molecule has 1 aromatic carbocycles. The van der Waals surface area contributed by atoms with Crippen LogP contribution < -0.4 is 4.74 Å². The summed E-state index contributed by atoms with van der Waals surface area (Å²) < 4.78 is 5.88. The summed E-state index contributed by atoms with van der Waals surface area (Å²) in [4.78, 5) is 62.9. The molecule has 0 unspecified atom stereocenters. The molecule has 2 aliphatic carbocycles. The van der Waals surface area contributed by atoms with E-state index in [0.717, 1.165) is 9.80 Å². The Morgan fingerprint density at radius 2 is 1.79 bits per heavy atom. The molecule has 3 fully saturated rings. The number of halogens is 4. The van der Waals surface area contributed by atoms with Crippen LogP contribution in [-0.2, 0) is 24.0 Å². The summed E-state index contributed by atoms with van der Waals surface area (Å²) in [5.41, 5.74) is 0.933. The van der Waals surface area contributed by atoms with Crippen LogP contribution in [0.25, 0.3) is 0 Å². The standard InChI is InChI=1S/C25H22Br2Cl2N2O8/c1-30-22(37)24(28)8-12-9(3-4-10-15(12)21(36)31(20(10)35)6-5-14(32)33)16(25(24,29)23(30)38)11-7-13(39-2)19(34)18(27)17(11)26/h3,7,10,12,15-16,34H,4-6,8H2,1-2H3,(H,32,33)/t10-,12+,15-,16+,24+,25-/m0/s1. The van der Waals surface area contributed by atoms with Gasteiger partial charge < -0.3 is 14.9 Å². The molecule has 0 aromatic heterocycles. The lowest BCUT2D eigenvalue weighted by atomic mass is 9.56. The summed E-state index contributed by atoms with van der Waals surface area (Å²) >= 11 is 21.1. The molecule has 4 amide bonds. The van der Waals surface area contributed by atoms with Gasteiger partial charge in [-0.15, -0.1) is 23.2 Å². The Labute approximate surface area is 249 Å². The van der Waals surface area contributed by atoms with Crippen LogP contribution in [0.1, 0.15) is 30.7 Å². The Balaban J connectivity index is 1.72. The molecule has 2 saturated heterocycles. The number of carbonyl (C=O) groups is 5. The number of imide groups is 2. The van der Waals surface area contributed by atoms with Crippen molar-refractivity contribution < 1.29 is 38.9 Å². The van der Waals surface area contributed by atoms with Crippen molar-refractivity contribution in [1.82, 2.24) is 9.80 Å². The number of alkyl halides is 2. The first-order valence-electron chi connectivity index (χ1n) is 11.9. The van der Waals surface area contributed by atoms with Crippen molar-refractivity contribution in [1.29, 1.82) is 0 Å². The number of amides is 4. The SMILES string of the molecule is COc1cc([C@H]2C3=CC[C@@H]4C(=O)N(CCC(=O)O)C(=O)[C@@H]4[C@@H]3C[C@@]3(Cl)C(=O)N(C)C(=O)[C@@]23Cl)c(Br)c(Br)c1O. The number of nitrogens with zero attached hydrogens (tertiary/aromatic N) is 2. The van der Waals surface area contributed by atoms with Crippen LogP contribution in [0.2, 0.25) is 0 Å². The molecular formula is C25H22Br2Cl2N2O8. The minimum atomic E-state index is -2.01. The number of carboxylic acid groups (broad SMARTS) is 1. The van der Waals surface area contributed by atoms with Crippen LogP contribution in [-0.4, -0.2) is 80.1 Å². The zero-order chi connectivity index (χ0) is 28.8. The van der Waals surface area contributed by atoms with Gasteiger partial charge in [0.15, 0.2) is 21.2 Å². The van der Waals surface area contributed by atoms with Crippen LogP contribution >= 0.6 is 55.1 Å². The quantitative estimate of drug-likeness (QED) is 0.270. The highest BCUT2D eigenvalue weighted by Gasteiger charge is 2.76. The molecule has 4 aliphatic rings. The second kappa shape index (κ2) is 9.46. The second-order valence-corrected chi connectivity index (χ2v) is 12.9. The number of benzene rings is 1. The first-order chi connectivity index (χ1) is 18.2. The van der Waals surface area contributed by atoms with Gasteiger partial charge in [0.05, 0.1) is 29.8 Å². The number of hydrogen-bond acceptors (Lipinski definition) is 7. The summed E-state index contributed by atoms with van der Waals surface area (Å²) in [6.45, 7) is -0.273.